The third-order valence-electron chi connectivity index (χ3n) is 0.921. The van der Waals surface area contributed by atoms with Crippen molar-refractivity contribution in [3.05, 3.63) is 30.6 Å². The van der Waals surface area contributed by atoms with Crippen LogP contribution in [0.15, 0.2) is 19.5 Å². The molecule has 0 aliphatic carbocycles. The van der Waals surface area contributed by atoms with E-state index >= 15 is 0 Å². The molecule has 0 saturated carbocycles. The summed E-state index contributed by atoms with van der Waals surface area (Å²) in [6.07, 6.45) is 0. The van der Waals surface area contributed by atoms with E-state index in [1.54, 1.807) is 6.07 Å². The molecule has 1 radical (unpaired) electrons. The smallest absolute Gasteiger partial charge is 0.0566 e. The fraction of sp³-hybridized carbons (Fsp3) is 0. The van der Waals surface area contributed by atoms with Crippen molar-refractivity contribution in [2.75, 3.05) is 0 Å². The average Bonchev–Trinajstić information content (AvgIpc) is 1.93. The summed E-state index contributed by atoms with van der Waals surface area (Å²) in [5.74, 6) is 0. The van der Waals surface area contributed by atoms with Gasteiger partial charge in [0.15, 0.2) is 0 Å². The summed E-state index contributed by atoms with van der Waals surface area (Å²) in [5, 5.41) is 0.648. The zero-order chi connectivity index (χ0) is 7.72. The number of benzene rings is 1. The van der Waals surface area contributed by atoms with Crippen LogP contribution in [0.4, 0.5) is 0 Å². The minimum Gasteiger partial charge on any atom is -0.0830 e. The minimum absolute atomic E-state index is 0.648. The van der Waals surface area contributed by atoms with Gasteiger partial charge in [-0.15, -0.1) is 0 Å². The molecule has 0 N–H and O–H groups in total. The Morgan fingerprint density at radius 2 is 1.80 bits per heavy atom. The van der Waals surface area contributed by atoms with Crippen molar-refractivity contribution in [2.45, 2.75) is 0 Å². The lowest BCUT2D eigenvalue weighted by atomic mass is 10.4. The van der Waals surface area contributed by atoms with E-state index in [1.165, 1.54) is 0 Å². The minimum atomic E-state index is 0.648. The monoisotopic (exact) mass is 345 g/mol. The van der Waals surface area contributed by atoms with Crippen molar-refractivity contribution in [3.63, 3.8) is 0 Å². The van der Waals surface area contributed by atoms with Gasteiger partial charge in [-0.05, 0) is 59.9 Å². The molecule has 1 aromatic carbocycles. The van der Waals surface area contributed by atoms with E-state index in [-0.39, 0.29) is 0 Å². The molecular weight excluding hydrogens is 347 g/mol. The van der Waals surface area contributed by atoms with Gasteiger partial charge in [0.25, 0.3) is 0 Å². The van der Waals surface area contributed by atoms with Gasteiger partial charge >= 0.3 is 0 Å². The van der Waals surface area contributed by atoms with E-state index in [0.29, 0.717) is 5.02 Å². The molecule has 0 heterocycles. The van der Waals surface area contributed by atoms with Crippen molar-refractivity contribution in [3.8, 4) is 0 Å². The molecule has 4 heteroatoms. The molecule has 0 aliphatic heterocycles. The van der Waals surface area contributed by atoms with Crippen LogP contribution < -0.4 is 0 Å². The van der Waals surface area contributed by atoms with Gasteiger partial charge in [-0.25, -0.2) is 0 Å². The summed E-state index contributed by atoms with van der Waals surface area (Å²) < 4.78 is 2.60. The van der Waals surface area contributed by atoms with Crippen LogP contribution >= 0.6 is 59.4 Å². The highest BCUT2D eigenvalue weighted by atomic mass is 79.9. The van der Waals surface area contributed by atoms with Gasteiger partial charge in [-0.2, -0.15) is 0 Å². The maximum atomic E-state index is 5.76. The molecule has 0 aromatic heterocycles. The maximum absolute atomic E-state index is 5.76. The summed E-state index contributed by atoms with van der Waals surface area (Å²) in [7, 11) is 0. The van der Waals surface area contributed by atoms with Crippen molar-refractivity contribution < 1.29 is 0 Å². The fourth-order valence-electron chi connectivity index (χ4n) is 0.455. The maximum Gasteiger partial charge on any atom is 0.0566 e. The molecule has 0 spiro atoms. The van der Waals surface area contributed by atoms with Crippen molar-refractivity contribution in [1.82, 2.24) is 0 Å². The lowest BCUT2D eigenvalue weighted by molar-refractivity contribution is 1.52. The average molecular weight is 348 g/mol. The molecule has 0 unspecified atom stereocenters. The van der Waals surface area contributed by atoms with Crippen LogP contribution in [0.25, 0.3) is 0 Å². The van der Waals surface area contributed by atoms with Crippen LogP contribution in [0.3, 0.4) is 0 Å². The van der Waals surface area contributed by atoms with Crippen LogP contribution in [-0.2, 0) is 0 Å². The Hall–Kier alpha value is 0.950. The Balaban J connectivity index is 3.34. The highest BCUT2D eigenvalue weighted by Crippen LogP contribution is 2.35. The third-order valence-corrected chi connectivity index (χ3v) is 4.75. The summed E-state index contributed by atoms with van der Waals surface area (Å²) in [5.41, 5.74) is 0. The molecule has 1 rings (SSSR count). The number of hydrogen-bond donors (Lipinski definition) is 0. The van der Waals surface area contributed by atoms with Gasteiger partial charge < -0.3 is 0 Å². The van der Waals surface area contributed by atoms with Crippen molar-refractivity contribution in [2.24, 2.45) is 0 Å². The zero-order valence-electron chi connectivity index (χ0n) is 4.59. The topological polar surface area (TPSA) is 0 Å². The van der Waals surface area contributed by atoms with Crippen molar-refractivity contribution in [1.29, 1.82) is 0 Å². The molecule has 0 aliphatic rings. The molecule has 0 fully saturated rings. The zero-order valence-corrected chi connectivity index (χ0v) is 10.1. The van der Waals surface area contributed by atoms with E-state index in [9.17, 15) is 0 Å². The largest absolute Gasteiger partial charge is 0.0830 e. The van der Waals surface area contributed by atoms with Gasteiger partial charge in [0.2, 0.25) is 0 Å². The van der Waals surface area contributed by atoms with E-state index in [2.05, 4.69) is 53.9 Å². The SMILES string of the molecule is Clc1c[c]c(Br)c(Br)c1Br. The predicted molar refractivity (Wildman–Crippen MR) is 53.4 cm³/mol. The Labute approximate surface area is 89.3 Å². The Bertz CT molecular complexity index is 232. The van der Waals surface area contributed by atoms with Gasteiger partial charge in [-0.3, -0.25) is 0 Å². The normalized spacial score (nSPS) is 10.0. The Morgan fingerprint density at radius 3 is 2.30 bits per heavy atom. The number of halogens is 4. The highest BCUT2D eigenvalue weighted by molar-refractivity contribution is 9.14. The van der Waals surface area contributed by atoms with E-state index in [0.717, 1.165) is 13.4 Å². The first-order valence-electron chi connectivity index (χ1n) is 2.33. The second kappa shape index (κ2) is 3.57. The van der Waals surface area contributed by atoms with E-state index in [1.807, 2.05) is 0 Å². The lowest BCUT2D eigenvalue weighted by Crippen LogP contribution is -1.73. The van der Waals surface area contributed by atoms with Gasteiger partial charge in [0.05, 0.1) is 9.50 Å². The van der Waals surface area contributed by atoms with Crippen LogP contribution in [0, 0.1) is 6.07 Å². The van der Waals surface area contributed by atoms with Crippen LogP contribution in [0.5, 0.6) is 0 Å². The van der Waals surface area contributed by atoms with Crippen LogP contribution in [-0.4, -0.2) is 0 Å². The Kier molecular flexibility index (Phi) is 3.22. The quantitative estimate of drug-likeness (QED) is 0.481. The molecule has 53 valence electrons. The second-order valence-corrected chi connectivity index (χ2v) is 4.36. The van der Waals surface area contributed by atoms with Gasteiger partial charge in [-0.1, -0.05) is 11.6 Å². The molecule has 0 saturated heterocycles. The lowest BCUT2D eigenvalue weighted by Gasteiger charge is -1.99. The first kappa shape index (κ1) is 9.04. The first-order chi connectivity index (χ1) is 4.63. The standard InChI is InChI=1S/C6HBr3Cl/c7-3-1-2-4(10)6(9)5(3)8/h2H. The highest BCUT2D eigenvalue weighted by Gasteiger charge is 2.04. The van der Waals surface area contributed by atoms with Gasteiger partial charge in [0.1, 0.15) is 0 Å². The molecule has 0 nitrogen and oxygen atoms in total. The molecule has 10 heavy (non-hydrogen) atoms. The predicted octanol–water partition coefficient (Wildman–Crippen LogP) is 4.43. The fourth-order valence-corrected chi connectivity index (χ4v) is 1.94. The second-order valence-electron chi connectivity index (χ2n) is 1.58. The number of hydrogen-bond acceptors (Lipinski definition) is 0. The summed E-state index contributed by atoms with van der Waals surface area (Å²) in [4.78, 5) is 0. The van der Waals surface area contributed by atoms with Crippen LogP contribution in [0.2, 0.25) is 5.02 Å². The number of rotatable bonds is 0. The van der Waals surface area contributed by atoms with Crippen LogP contribution in [0.1, 0.15) is 0 Å². The summed E-state index contributed by atoms with van der Waals surface area (Å²) in [6, 6.07) is 4.61. The van der Waals surface area contributed by atoms with Gasteiger partial charge in [0, 0.05) is 8.95 Å². The third kappa shape index (κ3) is 1.76. The summed E-state index contributed by atoms with van der Waals surface area (Å²) >= 11 is 15.7. The molecule has 0 bridgehead atoms. The molecule has 1 aromatic rings. The summed E-state index contributed by atoms with van der Waals surface area (Å²) in [6.45, 7) is 0. The molecule has 0 amide bonds. The molecular formula is C6HBr3Cl. The first-order valence-corrected chi connectivity index (χ1v) is 5.09. The molecule has 0 atom stereocenters. The van der Waals surface area contributed by atoms with E-state index in [4.69, 9.17) is 11.6 Å². The van der Waals surface area contributed by atoms with Crippen molar-refractivity contribution >= 4 is 59.4 Å². The Morgan fingerprint density at radius 1 is 1.20 bits per heavy atom. The van der Waals surface area contributed by atoms with E-state index < -0.39 is 0 Å².